The highest BCUT2D eigenvalue weighted by Crippen LogP contribution is 2.16. The van der Waals surface area contributed by atoms with Gasteiger partial charge in [-0.3, -0.25) is 58.0 Å². The van der Waals surface area contributed by atoms with Gasteiger partial charge in [-0.05, 0) is 90.2 Å². The van der Waals surface area contributed by atoms with Gasteiger partial charge in [0.1, 0.15) is 22.7 Å². The lowest BCUT2D eigenvalue weighted by Gasteiger charge is -2.35. The van der Waals surface area contributed by atoms with Gasteiger partial charge in [-0.15, -0.1) is 0 Å². The highest BCUT2D eigenvalue weighted by Gasteiger charge is 2.30. The van der Waals surface area contributed by atoms with Crippen molar-refractivity contribution >= 4 is 81.5 Å². The van der Waals surface area contributed by atoms with E-state index in [0.717, 1.165) is 0 Å². The summed E-state index contributed by atoms with van der Waals surface area (Å²) in [6.07, 6.45) is 1.80. The van der Waals surface area contributed by atoms with Crippen LogP contribution < -0.4 is 21.3 Å². The molecule has 3 rings (SSSR count). The van der Waals surface area contributed by atoms with Crippen LogP contribution in [0.25, 0.3) is 0 Å². The van der Waals surface area contributed by atoms with Gasteiger partial charge in [-0.2, -0.15) is 0 Å². The molecule has 0 radical (unpaired) electrons. The van der Waals surface area contributed by atoms with Gasteiger partial charge in [0.15, 0.2) is 0 Å². The highest BCUT2D eigenvalue weighted by atomic mass is 79.9. The van der Waals surface area contributed by atoms with Crippen LogP contribution in [0.5, 0.6) is 0 Å². The maximum Gasteiger partial charge on any atom is 0.326 e. The Balaban J connectivity index is 1.49. The van der Waals surface area contributed by atoms with Gasteiger partial charge < -0.3 is 61.9 Å². The number of amides is 5. The van der Waals surface area contributed by atoms with Crippen LogP contribution in [-0.2, 0) is 56.2 Å². The molecule has 11 N–H and O–H groups in total. The van der Waals surface area contributed by atoms with Crippen molar-refractivity contribution < 1.29 is 88.5 Å². The first kappa shape index (κ1) is 65.9. The molecule has 1 saturated heterocycles. The molecule has 2 aromatic rings. The van der Waals surface area contributed by atoms with Crippen LogP contribution in [-0.4, -0.2) is 234 Å². The van der Waals surface area contributed by atoms with E-state index >= 15 is 0 Å². The van der Waals surface area contributed by atoms with Crippen molar-refractivity contribution in [1.29, 1.82) is 0 Å². The number of carbonyl (C=O) groups excluding carboxylic acids is 4. The molecule has 0 spiro atoms. The van der Waals surface area contributed by atoms with Crippen LogP contribution in [0.15, 0.2) is 47.2 Å². The van der Waals surface area contributed by atoms with Crippen molar-refractivity contribution in [3.05, 3.63) is 63.9 Å². The molecule has 2 heterocycles. The van der Waals surface area contributed by atoms with Crippen molar-refractivity contribution in [1.82, 2.24) is 50.8 Å². The van der Waals surface area contributed by atoms with Gasteiger partial charge in [-0.25, -0.2) is 19.4 Å². The molecule has 0 bridgehead atoms. The topological polar surface area (TPSA) is 407 Å². The van der Waals surface area contributed by atoms with Crippen molar-refractivity contribution in [3.63, 3.8) is 0 Å². The molecule has 1 aromatic carbocycles. The third-order valence-electron chi connectivity index (χ3n) is 12.6. The average Bonchev–Trinajstić information content (AvgIpc) is 3.37. The number of hydrogen-bond donors (Lipinski definition) is 11. The summed E-state index contributed by atoms with van der Waals surface area (Å²) in [6, 6.07) is 4.82. The predicted molar refractivity (Wildman–Crippen MR) is 282 cm³/mol. The number of nitrogens with one attached hydrogen (secondary N) is 4. The van der Waals surface area contributed by atoms with E-state index in [1.807, 2.05) is 0 Å². The zero-order valence-corrected chi connectivity index (χ0v) is 45.2. The quantitative estimate of drug-likeness (QED) is 0.0339. The smallest absolute Gasteiger partial charge is 0.326 e. The molecule has 28 nitrogen and oxygen atoms in total. The number of nitrogens with zero attached hydrogens (tertiary/aromatic N) is 6. The number of aliphatic carboxylic acids is 7. The minimum Gasteiger partial charge on any atom is -0.481 e. The Morgan fingerprint density at radius 2 is 1.06 bits per heavy atom. The lowest BCUT2D eigenvalue weighted by molar-refractivity contribution is -0.145. The SMILES string of the molecule is O=C(O)CC[C@@H](NC(=O)N[C@H](CCCCN(Cc1ccc(Br)nc1)C(=O)c1ccc(CNC(=O)CCCCNC(=O)CCC(C(=O)O)N2CCN(CC(=O)O)CCN(CC(=O)O)CCN(CC(=O)O)CC2)cc1)C(=O)O)C(=O)O. The molecular weight excluding hydrogens is 1110 g/mol. The lowest BCUT2D eigenvalue weighted by Crippen LogP contribution is -2.52. The van der Waals surface area contributed by atoms with Crippen molar-refractivity contribution in [2.75, 3.05) is 85.1 Å². The molecule has 436 valence electrons. The van der Waals surface area contributed by atoms with E-state index in [4.69, 9.17) is 5.11 Å². The normalized spacial score (nSPS) is 15.2. The van der Waals surface area contributed by atoms with Gasteiger partial charge >= 0.3 is 47.8 Å². The Hall–Kier alpha value is -7.34. The number of pyridine rings is 1. The fraction of sp³-hybridized carbons (Fsp3) is 0.560. The van der Waals surface area contributed by atoms with E-state index in [2.05, 4.69) is 42.2 Å². The van der Waals surface area contributed by atoms with Crippen molar-refractivity contribution in [2.45, 2.75) is 95.4 Å². The highest BCUT2D eigenvalue weighted by molar-refractivity contribution is 9.10. The summed E-state index contributed by atoms with van der Waals surface area (Å²) in [7, 11) is 0. The molecule has 5 amide bonds. The van der Waals surface area contributed by atoms with Gasteiger partial charge in [0.2, 0.25) is 11.8 Å². The van der Waals surface area contributed by atoms with Crippen LogP contribution in [0.4, 0.5) is 4.79 Å². The second kappa shape index (κ2) is 35.2. The summed E-state index contributed by atoms with van der Waals surface area (Å²) in [4.78, 5) is 146. The Labute approximate surface area is 463 Å². The largest absolute Gasteiger partial charge is 0.481 e. The minimum atomic E-state index is -1.56. The summed E-state index contributed by atoms with van der Waals surface area (Å²) in [6.45, 7) is 0.609. The lowest BCUT2D eigenvalue weighted by atomic mass is 10.1. The molecule has 29 heteroatoms. The molecule has 1 aliphatic rings. The number of carbonyl (C=O) groups is 11. The maximum atomic E-state index is 13.8. The standard InChI is InChI=1S/C50H71BrN10O18/c51-39-14-9-34(28-53-39)29-61(18-4-2-5-36(47(73)74)55-50(79)56-37(48(75)76)12-16-42(64)65)46(72)35-10-7-33(8-11-35)27-54-40(62)6-1-3-17-52-41(63)15-13-38(49(77)78)60-25-23-58(31-44(68)69)21-19-57(30-43(66)67)20-22-59(24-26-60)32-45(70)71/h7-11,14,28,36-38H,1-6,12-13,15-27,29-32H2,(H,52,63)(H,54,62)(H,64,65)(H,66,67)(H,68,69)(H,70,71)(H,73,74)(H,75,76)(H,77,78)(H2,55,56,79)/t36-,37-,38?/m1/s1. The van der Waals surface area contributed by atoms with Gasteiger partial charge in [0, 0.05) is 110 Å². The Morgan fingerprint density at radius 3 is 1.56 bits per heavy atom. The van der Waals surface area contributed by atoms with Crippen molar-refractivity contribution in [3.8, 4) is 0 Å². The molecular formula is C50H71BrN10O18. The monoisotopic (exact) mass is 1180 g/mol. The van der Waals surface area contributed by atoms with E-state index in [1.54, 1.807) is 67.1 Å². The van der Waals surface area contributed by atoms with Gasteiger partial charge in [0.05, 0.1) is 19.6 Å². The summed E-state index contributed by atoms with van der Waals surface area (Å²) in [5.41, 5.74) is 1.73. The number of rotatable bonds is 33. The van der Waals surface area contributed by atoms with Crippen LogP contribution >= 0.6 is 15.9 Å². The predicted octanol–water partition coefficient (Wildman–Crippen LogP) is 0.339. The van der Waals surface area contributed by atoms with E-state index in [9.17, 15) is 83.4 Å². The fourth-order valence-corrected chi connectivity index (χ4v) is 8.61. The number of aromatic nitrogens is 1. The van der Waals surface area contributed by atoms with Crippen molar-refractivity contribution in [2.24, 2.45) is 0 Å². The number of carboxylic acids is 7. The molecule has 0 aliphatic carbocycles. The summed E-state index contributed by atoms with van der Waals surface area (Å²) in [5.74, 6) is -9.75. The number of unbranched alkanes of at least 4 members (excludes halogenated alkanes) is 2. The summed E-state index contributed by atoms with van der Waals surface area (Å²) < 4.78 is 0.582. The Kier molecular flexibility index (Phi) is 29.4. The first-order valence-corrected chi connectivity index (χ1v) is 26.3. The number of halogens is 1. The zero-order chi connectivity index (χ0) is 58.4. The number of hydrogen-bond acceptors (Lipinski definition) is 16. The fourth-order valence-electron chi connectivity index (χ4n) is 8.37. The van der Waals surface area contributed by atoms with Crippen LogP contribution in [0, 0.1) is 0 Å². The van der Waals surface area contributed by atoms with Crippen LogP contribution in [0.3, 0.4) is 0 Å². The van der Waals surface area contributed by atoms with Crippen LogP contribution in [0.1, 0.15) is 85.7 Å². The first-order valence-electron chi connectivity index (χ1n) is 25.5. The van der Waals surface area contributed by atoms with Crippen LogP contribution in [0.2, 0.25) is 0 Å². The second-order valence-corrected chi connectivity index (χ2v) is 19.6. The van der Waals surface area contributed by atoms with E-state index < -0.39 is 84.7 Å². The second-order valence-electron chi connectivity index (χ2n) is 18.8. The molecule has 1 unspecified atom stereocenters. The third-order valence-corrected chi connectivity index (χ3v) is 13.1. The number of carboxylic acid groups (broad SMARTS) is 7. The average molecular weight is 1180 g/mol. The van der Waals surface area contributed by atoms with E-state index in [1.165, 1.54) is 0 Å². The summed E-state index contributed by atoms with van der Waals surface area (Å²) >= 11 is 3.29. The molecule has 1 aliphatic heterocycles. The van der Waals surface area contributed by atoms with E-state index in [0.29, 0.717) is 40.6 Å². The Bertz CT molecular complexity index is 2350. The number of urea groups is 1. The van der Waals surface area contributed by atoms with Gasteiger partial charge in [0.25, 0.3) is 5.91 Å². The summed E-state index contributed by atoms with van der Waals surface area (Å²) in [5, 5.41) is 76.5. The minimum absolute atomic E-state index is 0.0713. The molecule has 3 atom stereocenters. The molecule has 1 fully saturated rings. The zero-order valence-electron chi connectivity index (χ0n) is 43.6. The third kappa shape index (κ3) is 27.2. The number of benzene rings is 1. The molecule has 79 heavy (non-hydrogen) atoms. The maximum absolute atomic E-state index is 13.8. The van der Waals surface area contributed by atoms with E-state index in [-0.39, 0.29) is 142 Å². The first-order chi connectivity index (χ1) is 37.5. The molecule has 0 saturated carbocycles. The van der Waals surface area contributed by atoms with Gasteiger partial charge in [-0.1, -0.05) is 18.2 Å². The Morgan fingerprint density at radius 1 is 0.544 bits per heavy atom. The molecule has 1 aromatic heterocycles.